The number of nitrogens with one attached hydrogen (secondary N) is 1. The average Bonchev–Trinajstić information content (AvgIpc) is 3.06. The predicted octanol–water partition coefficient (Wildman–Crippen LogP) is -9.61. The van der Waals surface area contributed by atoms with Crippen molar-refractivity contribution in [2.45, 2.75) is 130 Å². The molecule has 20 atom stereocenters. The van der Waals surface area contributed by atoms with Gasteiger partial charge in [0.05, 0.1) is 26.4 Å². The maximum absolute atomic E-state index is 12.2. The molecule has 48 heavy (non-hydrogen) atoms. The first-order valence-corrected chi connectivity index (χ1v) is 15.1. The number of aliphatic hydroxyl groups excluding tert-OH is 13. The van der Waals surface area contributed by atoms with Crippen LogP contribution >= 0.6 is 0 Å². The van der Waals surface area contributed by atoms with Crippen LogP contribution in [0.25, 0.3) is 0 Å². The second kappa shape index (κ2) is 16.8. The average molecular weight is 708 g/mol. The van der Waals surface area contributed by atoms with Gasteiger partial charge in [0.15, 0.2) is 25.2 Å². The molecule has 22 nitrogen and oxygen atoms in total. The third-order valence-electron chi connectivity index (χ3n) is 8.61. The van der Waals surface area contributed by atoms with E-state index in [0.717, 1.165) is 6.92 Å². The molecule has 0 aromatic carbocycles. The number of carbonyl (C=O) groups excluding carboxylic acids is 1. The smallest absolute Gasteiger partial charge is 0.217 e. The molecular formula is C26H45NO21. The van der Waals surface area contributed by atoms with E-state index >= 15 is 0 Å². The van der Waals surface area contributed by atoms with Gasteiger partial charge in [-0.3, -0.25) is 4.79 Å². The molecule has 0 aliphatic carbocycles. The van der Waals surface area contributed by atoms with Crippen molar-refractivity contribution < 1.29 is 104 Å². The SMILES string of the molecule is CC(=O)NC1C(OC2C(CO)OC(OC3C(CO)OC(O)C(O)C3O)C(O)C2O)OC(CO)C(O)C1OC1OC(CO)C(O)C(O)C1O. The molecule has 4 aliphatic rings. The number of carbonyl (C=O) groups is 1. The summed E-state index contributed by atoms with van der Waals surface area (Å²) < 4.78 is 38.7. The van der Waals surface area contributed by atoms with Crippen molar-refractivity contribution in [2.24, 2.45) is 0 Å². The Morgan fingerprint density at radius 3 is 1.46 bits per heavy atom. The summed E-state index contributed by atoms with van der Waals surface area (Å²) in [5.74, 6) is -0.749. The molecule has 4 heterocycles. The minimum absolute atomic E-state index is 0.749. The highest BCUT2D eigenvalue weighted by atomic mass is 16.8. The molecule has 4 aliphatic heterocycles. The van der Waals surface area contributed by atoms with E-state index in [-0.39, 0.29) is 0 Å². The van der Waals surface area contributed by atoms with Gasteiger partial charge in [0.2, 0.25) is 5.91 Å². The van der Waals surface area contributed by atoms with E-state index in [4.69, 9.17) is 33.2 Å². The molecule has 280 valence electrons. The summed E-state index contributed by atoms with van der Waals surface area (Å²) in [7, 11) is 0. The largest absolute Gasteiger partial charge is 0.394 e. The van der Waals surface area contributed by atoms with Crippen LogP contribution in [0, 0.1) is 0 Å². The van der Waals surface area contributed by atoms with Crippen LogP contribution in [0.1, 0.15) is 6.92 Å². The molecule has 0 spiro atoms. The Morgan fingerprint density at radius 2 is 0.917 bits per heavy atom. The van der Waals surface area contributed by atoms with Gasteiger partial charge in [-0.2, -0.15) is 0 Å². The lowest BCUT2D eigenvalue weighted by atomic mass is 9.94. The maximum Gasteiger partial charge on any atom is 0.217 e. The highest BCUT2D eigenvalue weighted by Gasteiger charge is 2.55. The van der Waals surface area contributed by atoms with E-state index in [1.54, 1.807) is 0 Å². The van der Waals surface area contributed by atoms with Crippen LogP contribution in [0.3, 0.4) is 0 Å². The minimum Gasteiger partial charge on any atom is -0.394 e. The molecule has 0 bridgehead atoms. The van der Waals surface area contributed by atoms with Crippen LogP contribution in [0.5, 0.6) is 0 Å². The van der Waals surface area contributed by atoms with Crippen molar-refractivity contribution in [2.75, 3.05) is 26.4 Å². The quantitative estimate of drug-likeness (QED) is 0.0947. The van der Waals surface area contributed by atoms with Crippen molar-refractivity contribution in [3.8, 4) is 0 Å². The van der Waals surface area contributed by atoms with E-state index in [0.29, 0.717) is 0 Å². The van der Waals surface area contributed by atoms with Crippen molar-refractivity contribution >= 4 is 5.91 Å². The molecule has 0 saturated carbocycles. The monoisotopic (exact) mass is 707 g/mol. The van der Waals surface area contributed by atoms with Gasteiger partial charge in [0, 0.05) is 6.92 Å². The number of aliphatic hydroxyl groups is 13. The Bertz CT molecular complexity index is 1020. The van der Waals surface area contributed by atoms with E-state index in [9.17, 15) is 71.2 Å². The van der Waals surface area contributed by atoms with E-state index < -0.39 is 155 Å². The van der Waals surface area contributed by atoms with Gasteiger partial charge in [-0.1, -0.05) is 0 Å². The number of hydrogen-bond acceptors (Lipinski definition) is 21. The van der Waals surface area contributed by atoms with Crippen molar-refractivity contribution in [3.63, 3.8) is 0 Å². The lowest BCUT2D eigenvalue weighted by Gasteiger charge is -2.50. The molecule has 0 aromatic rings. The number of hydrogen-bond donors (Lipinski definition) is 14. The van der Waals surface area contributed by atoms with Crippen LogP contribution in [0.4, 0.5) is 0 Å². The molecule has 22 heteroatoms. The summed E-state index contributed by atoms with van der Waals surface area (Å²) in [6.45, 7) is -2.37. The lowest BCUT2D eigenvalue weighted by Crippen LogP contribution is -2.70. The first-order chi connectivity index (χ1) is 22.7. The fourth-order valence-corrected chi connectivity index (χ4v) is 5.95. The Balaban J connectivity index is 1.56. The van der Waals surface area contributed by atoms with E-state index in [1.807, 2.05) is 0 Å². The predicted molar refractivity (Wildman–Crippen MR) is 145 cm³/mol. The molecule has 20 unspecified atom stereocenters. The number of ether oxygens (including phenoxy) is 7. The van der Waals surface area contributed by atoms with Gasteiger partial charge in [0.25, 0.3) is 0 Å². The molecule has 4 fully saturated rings. The van der Waals surface area contributed by atoms with Crippen LogP contribution in [-0.4, -0.2) is 221 Å². The summed E-state index contributed by atoms with van der Waals surface area (Å²) in [4.78, 5) is 12.2. The standard InChI is InChI=1S/C26H45NO21/c1-6(32)27-11-22(48-25-18(39)14(35)12(33)7(2-28)44-25)13(34)8(3-29)43-24(11)46-21-10(5-31)45-26(19(40)16(21)37)47-20-9(4-30)42-23(41)17(38)15(20)36/h7-26,28-31,33-41H,2-5H2,1H3,(H,27,32). The molecule has 4 rings (SSSR count). The van der Waals surface area contributed by atoms with Crippen molar-refractivity contribution in [1.82, 2.24) is 5.32 Å². The van der Waals surface area contributed by atoms with Gasteiger partial charge < -0.3 is 105 Å². The van der Waals surface area contributed by atoms with Gasteiger partial charge in [-0.25, -0.2) is 0 Å². The zero-order valence-corrected chi connectivity index (χ0v) is 25.5. The Kier molecular flexibility index (Phi) is 13.8. The highest BCUT2D eigenvalue weighted by molar-refractivity contribution is 5.73. The summed E-state index contributed by atoms with van der Waals surface area (Å²) in [5, 5.41) is 136. The second-order valence-electron chi connectivity index (χ2n) is 11.9. The van der Waals surface area contributed by atoms with Crippen molar-refractivity contribution in [1.29, 1.82) is 0 Å². The number of rotatable bonds is 11. The third-order valence-corrected chi connectivity index (χ3v) is 8.61. The first kappa shape index (κ1) is 39.5. The first-order valence-electron chi connectivity index (χ1n) is 15.1. The van der Waals surface area contributed by atoms with Crippen LogP contribution in [-0.2, 0) is 38.0 Å². The van der Waals surface area contributed by atoms with Gasteiger partial charge in [0.1, 0.15) is 97.6 Å². The van der Waals surface area contributed by atoms with Crippen LogP contribution in [0.2, 0.25) is 0 Å². The van der Waals surface area contributed by atoms with Gasteiger partial charge >= 0.3 is 0 Å². The Hall–Kier alpha value is -1.33. The molecule has 4 saturated heterocycles. The summed E-state index contributed by atoms with van der Waals surface area (Å²) >= 11 is 0. The van der Waals surface area contributed by atoms with Crippen molar-refractivity contribution in [3.05, 3.63) is 0 Å². The van der Waals surface area contributed by atoms with E-state index in [2.05, 4.69) is 5.32 Å². The third kappa shape index (κ3) is 8.08. The number of amides is 1. The van der Waals surface area contributed by atoms with Crippen LogP contribution in [0.15, 0.2) is 0 Å². The summed E-state index contributed by atoms with van der Waals surface area (Å²) in [6, 6.07) is -1.57. The summed E-state index contributed by atoms with van der Waals surface area (Å²) in [6.07, 6.45) is -33.5. The maximum atomic E-state index is 12.2. The highest BCUT2D eigenvalue weighted by Crippen LogP contribution is 2.34. The second-order valence-corrected chi connectivity index (χ2v) is 11.9. The topological polar surface area (TPSA) is 357 Å². The summed E-state index contributed by atoms with van der Waals surface area (Å²) in [5.41, 5.74) is 0. The molecule has 1 amide bonds. The Labute approximate surface area is 272 Å². The van der Waals surface area contributed by atoms with Gasteiger partial charge in [-0.05, 0) is 0 Å². The minimum atomic E-state index is -2.03. The van der Waals surface area contributed by atoms with E-state index in [1.165, 1.54) is 0 Å². The van der Waals surface area contributed by atoms with Crippen LogP contribution < -0.4 is 5.32 Å². The zero-order chi connectivity index (χ0) is 35.6. The normalized spacial score (nSPS) is 50.2. The molecular weight excluding hydrogens is 662 g/mol. The fourth-order valence-electron chi connectivity index (χ4n) is 5.95. The van der Waals surface area contributed by atoms with Gasteiger partial charge in [-0.15, -0.1) is 0 Å². The zero-order valence-electron chi connectivity index (χ0n) is 25.5. The molecule has 0 aromatic heterocycles. The molecule has 0 radical (unpaired) electrons. The Morgan fingerprint density at radius 1 is 0.500 bits per heavy atom. The fraction of sp³-hybridized carbons (Fsp3) is 0.962. The lowest BCUT2D eigenvalue weighted by molar-refractivity contribution is -0.378. The molecule has 14 N–H and O–H groups in total.